The first-order chi connectivity index (χ1) is 8.25. The number of aromatic nitrogens is 1. The van der Waals surface area contributed by atoms with Gasteiger partial charge in [-0.25, -0.2) is 9.37 Å². The molecule has 0 radical (unpaired) electrons. The Morgan fingerprint density at radius 2 is 1.94 bits per heavy atom. The third-order valence-electron chi connectivity index (χ3n) is 2.33. The monoisotopic (exact) mass is 232 g/mol. The second-order valence-electron chi connectivity index (χ2n) is 3.68. The Hall–Kier alpha value is -1.94. The van der Waals surface area contributed by atoms with E-state index in [1.807, 2.05) is 6.07 Å². The van der Waals surface area contributed by atoms with Crippen molar-refractivity contribution in [2.45, 2.75) is 13.2 Å². The lowest BCUT2D eigenvalue weighted by Crippen LogP contribution is -1.98. The molecule has 1 heterocycles. The molecule has 0 aliphatic heterocycles. The first-order valence-corrected chi connectivity index (χ1v) is 5.27. The Labute approximate surface area is 99.1 Å². The van der Waals surface area contributed by atoms with Crippen LogP contribution in [0.2, 0.25) is 0 Å². The van der Waals surface area contributed by atoms with E-state index in [2.05, 4.69) is 4.98 Å². The van der Waals surface area contributed by atoms with Gasteiger partial charge in [-0.15, -0.1) is 0 Å². The largest absolute Gasteiger partial charge is 0.384 e. The maximum atomic E-state index is 13.3. The molecule has 4 heteroatoms. The number of anilines is 1. The number of nitrogen functional groups attached to an aromatic ring is 1. The van der Waals surface area contributed by atoms with Gasteiger partial charge >= 0.3 is 0 Å². The van der Waals surface area contributed by atoms with Crippen molar-refractivity contribution >= 4 is 5.82 Å². The van der Waals surface area contributed by atoms with E-state index in [0.29, 0.717) is 18.0 Å². The van der Waals surface area contributed by atoms with E-state index in [1.165, 1.54) is 6.07 Å². The number of rotatable bonds is 4. The SMILES string of the molecule is Nc1ccc(COCc2ccccc2F)cn1. The Morgan fingerprint density at radius 1 is 1.12 bits per heavy atom. The summed E-state index contributed by atoms with van der Waals surface area (Å²) in [5.74, 6) is 0.228. The zero-order valence-electron chi connectivity index (χ0n) is 9.27. The van der Waals surface area contributed by atoms with E-state index in [4.69, 9.17) is 10.5 Å². The minimum absolute atomic E-state index is 0.247. The summed E-state index contributed by atoms with van der Waals surface area (Å²) in [5.41, 5.74) is 6.93. The van der Waals surface area contributed by atoms with Crippen LogP contribution in [-0.2, 0) is 18.0 Å². The fraction of sp³-hybridized carbons (Fsp3) is 0.154. The molecule has 0 spiro atoms. The summed E-state index contributed by atoms with van der Waals surface area (Å²) in [5, 5.41) is 0. The van der Waals surface area contributed by atoms with Crippen LogP contribution in [0, 0.1) is 5.82 Å². The summed E-state index contributed by atoms with van der Waals surface area (Å²) in [6.45, 7) is 0.638. The van der Waals surface area contributed by atoms with E-state index in [0.717, 1.165) is 5.56 Å². The standard InChI is InChI=1S/C13H13FN2O/c14-12-4-2-1-3-11(12)9-17-8-10-5-6-13(15)16-7-10/h1-7H,8-9H2,(H2,15,16). The summed E-state index contributed by atoms with van der Waals surface area (Å²) in [6, 6.07) is 10.1. The van der Waals surface area contributed by atoms with E-state index >= 15 is 0 Å². The molecular formula is C13H13FN2O. The van der Waals surface area contributed by atoms with Gasteiger partial charge in [0.15, 0.2) is 0 Å². The number of hydrogen-bond donors (Lipinski definition) is 1. The predicted octanol–water partition coefficient (Wildman–Crippen LogP) is 2.52. The molecule has 2 N–H and O–H groups in total. The van der Waals surface area contributed by atoms with Gasteiger partial charge in [0.25, 0.3) is 0 Å². The molecule has 2 rings (SSSR count). The number of nitrogens with two attached hydrogens (primary N) is 1. The maximum Gasteiger partial charge on any atom is 0.128 e. The zero-order valence-corrected chi connectivity index (χ0v) is 9.27. The van der Waals surface area contributed by atoms with Crippen LogP contribution < -0.4 is 5.73 Å². The maximum absolute atomic E-state index is 13.3. The third-order valence-corrected chi connectivity index (χ3v) is 2.33. The highest BCUT2D eigenvalue weighted by Gasteiger charge is 2.00. The average molecular weight is 232 g/mol. The van der Waals surface area contributed by atoms with Gasteiger partial charge in [0.2, 0.25) is 0 Å². The summed E-state index contributed by atoms with van der Waals surface area (Å²) in [7, 11) is 0. The number of benzene rings is 1. The zero-order chi connectivity index (χ0) is 12.1. The van der Waals surface area contributed by atoms with Crippen LogP contribution in [0.4, 0.5) is 10.2 Å². The smallest absolute Gasteiger partial charge is 0.128 e. The van der Waals surface area contributed by atoms with Crippen LogP contribution in [-0.4, -0.2) is 4.98 Å². The van der Waals surface area contributed by atoms with Gasteiger partial charge in [-0.05, 0) is 17.7 Å². The highest BCUT2D eigenvalue weighted by molar-refractivity contribution is 5.28. The van der Waals surface area contributed by atoms with Gasteiger partial charge in [0.1, 0.15) is 11.6 Å². The van der Waals surface area contributed by atoms with Crippen LogP contribution in [0.3, 0.4) is 0 Å². The van der Waals surface area contributed by atoms with Crippen molar-refractivity contribution in [1.82, 2.24) is 4.98 Å². The molecule has 0 fully saturated rings. The molecule has 2 aromatic rings. The number of halogens is 1. The van der Waals surface area contributed by atoms with Crippen molar-refractivity contribution in [1.29, 1.82) is 0 Å². The Morgan fingerprint density at radius 3 is 2.65 bits per heavy atom. The average Bonchev–Trinajstić information content (AvgIpc) is 2.34. The van der Waals surface area contributed by atoms with Gasteiger partial charge in [0.05, 0.1) is 13.2 Å². The van der Waals surface area contributed by atoms with E-state index < -0.39 is 0 Å². The summed E-state index contributed by atoms with van der Waals surface area (Å²) in [6.07, 6.45) is 1.65. The van der Waals surface area contributed by atoms with Crippen molar-refractivity contribution in [3.63, 3.8) is 0 Å². The summed E-state index contributed by atoms with van der Waals surface area (Å²) in [4.78, 5) is 3.95. The molecule has 17 heavy (non-hydrogen) atoms. The van der Waals surface area contributed by atoms with Crippen molar-refractivity contribution in [3.05, 3.63) is 59.5 Å². The third kappa shape index (κ3) is 3.26. The summed E-state index contributed by atoms with van der Waals surface area (Å²) < 4.78 is 18.7. The molecule has 0 saturated heterocycles. The van der Waals surface area contributed by atoms with E-state index in [-0.39, 0.29) is 12.4 Å². The molecule has 0 amide bonds. The molecule has 0 bridgehead atoms. The number of pyridine rings is 1. The second kappa shape index (κ2) is 5.41. The van der Waals surface area contributed by atoms with Crippen molar-refractivity contribution in [3.8, 4) is 0 Å². The van der Waals surface area contributed by atoms with Gasteiger partial charge in [-0.3, -0.25) is 0 Å². The molecule has 0 saturated carbocycles. The van der Waals surface area contributed by atoms with Crippen LogP contribution in [0.15, 0.2) is 42.6 Å². The van der Waals surface area contributed by atoms with Crippen molar-refractivity contribution in [2.75, 3.05) is 5.73 Å². The molecule has 0 atom stereocenters. The van der Waals surface area contributed by atoms with Gasteiger partial charge < -0.3 is 10.5 Å². The Kier molecular flexibility index (Phi) is 3.67. The number of nitrogens with zero attached hydrogens (tertiary/aromatic N) is 1. The second-order valence-corrected chi connectivity index (χ2v) is 3.68. The van der Waals surface area contributed by atoms with Crippen molar-refractivity contribution in [2.24, 2.45) is 0 Å². The highest BCUT2D eigenvalue weighted by atomic mass is 19.1. The topological polar surface area (TPSA) is 48.1 Å². The van der Waals surface area contributed by atoms with E-state index in [9.17, 15) is 4.39 Å². The fourth-order valence-electron chi connectivity index (χ4n) is 1.42. The molecule has 0 unspecified atom stereocenters. The lowest BCUT2D eigenvalue weighted by Gasteiger charge is -2.05. The Balaban J connectivity index is 1.88. The fourth-order valence-corrected chi connectivity index (χ4v) is 1.42. The molecule has 1 aromatic heterocycles. The van der Waals surface area contributed by atoms with Crippen LogP contribution in [0.5, 0.6) is 0 Å². The normalized spacial score (nSPS) is 10.4. The highest BCUT2D eigenvalue weighted by Crippen LogP contribution is 2.09. The predicted molar refractivity (Wildman–Crippen MR) is 63.5 cm³/mol. The van der Waals surface area contributed by atoms with Crippen molar-refractivity contribution < 1.29 is 9.13 Å². The van der Waals surface area contributed by atoms with Gasteiger partial charge in [-0.2, -0.15) is 0 Å². The minimum atomic E-state index is -0.247. The molecule has 0 aliphatic rings. The molecular weight excluding hydrogens is 219 g/mol. The number of ether oxygens (including phenoxy) is 1. The first-order valence-electron chi connectivity index (χ1n) is 5.27. The summed E-state index contributed by atoms with van der Waals surface area (Å²) >= 11 is 0. The van der Waals surface area contributed by atoms with Crippen LogP contribution in [0.25, 0.3) is 0 Å². The van der Waals surface area contributed by atoms with Crippen LogP contribution >= 0.6 is 0 Å². The minimum Gasteiger partial charge on any atom is -0.384 e. The van der Waals surface area contributed by atoms with Crippen LogP contribution in [0.1, 0.15) is 11.1 Å². The molecule has 0 aliphatic carbocycles. The first kappa shape index (κ1) is 11.5. The number of hydrogen-bond acceptors (Lipinski definition) is 3. The molecule has 3 nitrogen and oxygen atoms in total. The van der Waals surface area contributed by atoms with Gasteiger partial charge in [-0.1, -0.05) is 24.3 Å². The van der Waals surface area contributed by atoms with Gasteiger partial charge in [0, 0.05) is 11.8 Å². The lowest BCUT2D eigenvalue weighted by atomic mass is 10.2. The Bertz CT molecular complexity index is 485. The lowest BCUT2D eigenvalue weighted by molar-refractivity contribution is 0.104. The van der Waals surface area contributed by atoms with E-state index in [1.54, 1.807) is 30.5 Å². The molecule has 88 valence electrons. The molecule has 1 aromatic carbocycles. The quantitative estimate of drug-likeness (QED) is 0.881.